The van der Waals surface area contributed by atoms with E-state index in [0.29, 0.717) is 0 Å². The fourth-order valence-corrected chi connectivity index (χ4v) is 2.42. The van der Waals surface area contributed by atoms with Gasteiger partial charge < -0.3 is 10.4 Å². The van der Waals surface area contributed by atoms with E-state index in [9.17, 15) is 20.0 Å². The maximum atomic E-state index is 12.0. The third kappa shape index (κ3) is 3.19. The molecule has 2 N–H and O–H groups in total. The minimum atomic E-state index is -0.540. The molecule has 6 nitrogen and oxygen atoms in total. The van der Waals surface area contributed by atoms with Crippen molar-refractivity contribution in [1.82, 2.24) is 5.32 Å². The standard InChI is InChI=1S/C13H12N2O4S/c16-8-10(9-4-2-1-3-5-9)14-13(17)11-6-7-12(20-11)15(18)19/h1-7,10,16H,8H2,(H,14,17). The van der Waals surface area contributed by atoms with E-state index in [0.717, 1.165) is 16.9 Å². The molecule has 2 rings (SSSR count). The van der Waals surface area contributed by atoms with Crippen LogP contribution in [-0.2, 0) is 0 Å². The van der Waals surface area contributed by atoms with Crippen molar-refractivity contribution in [2.24, 2.45) is 0 Å². The predicted molar refractivity (Wildman–Crippen MR) is 74.7 cm³/mol. The Hall–Kier alpha value is -2.25. The fourth-order valence-electron chi connectivity index (χ4n) is 1.70. The smallest absolute Gasteiger partial charge is 0.324 e. The fraction of sp³-hybridized carbons (Fsp3) is 0.154. The summed E-state index contributed by atoms with van der Waals surface area (Å²) in [6, 6.07) is 11.2. The number of rotatable bonds is 5. The first-order chi connectivity index (χ1) is 9.61. The number of nitrogens with zero attached hydrogens (tertiary/aromatic N) is 1. The number of hydrogen-bond acceptors (Lipinski definition) is 5. The largest absolute Gasteiger partial charge is 0.394 e. The molecule has 0 fully saturated rings. The van der Waals surface area contributed by atoms with Crippen molar-refractivity contribution in [1.29, 1.82) is 0 Å². The van der Waals surface area contributed by atoms with Crippen molar-refractivity contribution < 1.29 is 14.8 Å². The van der Waals surface area contributed by atoms with Gasteiger partial charge in [-0.25, -0.2) is 0 Å². The number of hydrogen-bond donors (Lipinski definition) is 2. The van der Waals surface area contributed by atoms with Crippen molar-refractivity contribution >= 4 is 22.2 Å². The Morgan fingerprint density at radius 1 is 1.30 bits per heavy atom. The molecule has 0 bridgehead atoms. The van der Waals surface area contributed by atoms with Gasteiger partial charge in [-0.05, 0) is 11.6 Å². The molecule has 0 spiro atoms. The van der Waals surface area contributed by atoms with E-state index in [2.05, 4.69) is 5.32 Å². The quantitative estimate of drug-likeness (QED) is 0.652. The third-order valence-electron chi connectivity index (χ3n) is 2.69. The van der Waals surface area contributed by atoms with Gasteiger partial charge in [-0.1, -0.05) is 41.7 Å². The van der Waals surface area contributed by atoms with Gasteiger partial charge in [-0.2, -0.15) is 0 Å². The molecule has 0 aliphatic heterocycles. The molecular formula is C13H12N2O4S. The number of amides is 1. The van der Waals surface area contributed by atoms with E-state index in [4.69, 9.17) is 0 Å². The van der Waals surface area contributed by atoms with Crippen LogP contribution in [0, 0.1) is 10.1 Å². The van der Waals surface area contributed by atoms with Crippen LogP contribution < -0.4 is 5.32 Å². The van der Waals surface area contributed by atoms with Crippen LogP contribution in [0.25, 0.3) is 0 Å². The number of benzene rings is 1. The highest BCUT2D eigenvalue weighted by atomic mass is 32.1. The van der Waals surface area contributed by atoms with Gasteiger partial charge in [0.05, 0.1) is 22.4 Å². The Morgan fingerprint density at radius 2 is 2.00 bits per heavy atom. The van der Waals surface area contributed by atoms with Crippen LogP contribution in [-0.4, -0.2) is 22.5 Å². The minimum Gasteiger partial charge on any atom is -0.394 e. The Labute approximate surface area is 118 Å². The zero-order chi connectivity index (χ0) is 14.5. The summed E-state index contributed by atoms with van der Waals surface area (Å²) in [4.78, 5) is 22.3. The molecule has 104 valence electrons. The molecule has 0 aliphatic carbocycles. The highest BCUT2D eigenvalue weighted by Gasteiger charge is 2.18. The third-order valence-corrected chi connectivity index (χ3v) is 3.72. The maximum absolute atomic E-state index is 12.0. The summed E-state index contributed by atoms with van der Waals surface area (Å²) in [6.07, 6.45) is 0. The van der Waals surface area contributed by atoms with Crippen LogP contribution in [0.2, 0.25) is 0 Å². The SMILES string of the molecule is O=C(NC(CO)c1ccccc1)c1ccc([N+](=O)[O-])s1. The van der Waals surface area contributed by atoms with E-state index < -0.39 is 16.9 Å². The molecule has 1 heterocycles. The molecule has 2 aromatic rings. The second kappa shape index (κ2) is 6.27. The van der Waals surface area contributed by atoms with E-state index in [1.54, 1.807) is 24.3 Å². The van der Waals surface area contributed by atoms with Crippen LogP contribution >= 0.6 is 11.3 Å². The van der Waals surface area contributed by atoms with Gasteiger partial charge in [0.25, 0.3) is 5.91 Å². The summed E-state index contributed by atoms with van der Waals surface area (Å²) in [5, 5.41) is 22.5. The Balaban J connectivity index is 2.11. The molecule has 0 saturated carbocycles. The molecule has 20 heavy (non-hydrogen) atoms. The van der Waals surface area contributed by atoms with Crippen LogP contribution in [0.5, 0.6) is 0 Å². The lowest BCUT2D eigenvalue weighted by atomic mass is 10.1. The Bertz CT molecular complexity index is 612. The predicted octanol–water partition coefficient (Wildman–Crippen LogP) is 2.12. The lowest BCUT2D eigenvalue weighted by Crippen LogP contribution is -2.30. The second-order valence-electron chi connectivity index (χ2n) is 4.01. The average molecular weight is 292 g/mol. The van der Waals surface area contributed by atoms with Crippen LogP contribution in [0.15, 0.2) is 42.5 Å². The van der Waals surface area contributed by atoms with Gasteiger partial charge in [0.2, 0.25) is 0 Å². The molecule has 0 saturated heterocycles. The van der Waals surface area contributed by atoms with Crippen LogP contribution in [0.3, 0.4) is 0 Å². The van der Waals surface area contributed by atoms with E-state index in [1.807, 2.05) is 6.07 Å². The number of carbonyl (C=O) groups excluding carboxylic acids is 1. The maximum Gasteiger partial charge on any atom is 0.324 e. The highest BCUT2D eigenvalue weighted by Crippen LogP contribution is 2.24. The minimum absolute atomic E-state index is 0.0876. The summed E-state index contributed by atoms with van der Waals surface area (Å²) in [6.45, 7) is -0.247. The summed E-state index contributed by atoms with van der Waals surface area (Å²) < 4.78 is 0. The van der Waals surface area contributed by atoms with Crippen molar-refractivity contribution in [3.8, 4) is 0 Å². The molecule has 0 radical (unpaired) electrons. The van der Waals surface area contributed by atoms with Gasteiger partial charge in [-0.15, -0.1) is 0 Å². The van der Waals surface area contributed by atoms with E-state index in [1.165, 1.54) is 12.1 Å². The molecule has 1 atom stereocenters. The van der Waals surface area contributed by atoms with E-state index in [-0.39, 0.29) is 16.5 Å². The first kappa shape index (κ1) is 14.2. The number of nitrogens with one attached hydrogen (secondary N) is 1. The number of nitro groups is 1. The lowest BCUT2D eigenvalue weighted by molar-refractivity contribution is -0.380. The van der Waals surface area contributed by atoms with E-state index >= 15 is 0 Å². The highest BCUT2D eigenvalue weighted by molar-refractivity contribution is 7.17. The molecule has 1 amide bonds. The molecular weight excluding hydrogens is 280 g/mol. The van der Waals surface area contributed by atoms with Gasteiger partial charge in [0, 0.05) is 6.07 Å². The summed E-state index contributed by atoms with van der Waals surface area (Å²) in [5.41, 5.74) is 0.773. The Kier molecular flexibility index (Phi) is 4.44. The summed E-state index contributed by atoms with van der Waals surface area (Å²) in [5.74, 6) is -0.439. The zero-order valence-corrected chi connectivity index (χ0v) is 11.2. The van der Waals surface area contributed by atoms with Crippen molar-refractivity contribution in [3.05, 3.63) is 63.0 Å². The van der Waals surface area contributed by atoms with Gasteiger partial charge in [-0.3, -0.25) is 14.9 Å². The molecule has 1 unspecified atom stereocenters. The molecule has 1 aromatic heterocycles. The topological polar surface area (TPSA) is 92.5 Å². The second-order valence-corrected chi connectivity index (χ2v) is 5.08. The van der Waals surface area contributed by atoms with Crippen molar-refractivity contribution in [2.45, 2.75) is 6.04 Å². The summed E-state index contributed by atoms with van der Waals surface area (Å²) >= 11 is 0.804. The van der Waals surface area contributed by atoms with Gasteiger partial charge in [0.1, 0.15) is 0 Å². The van der Waals surface area contributed by atoms with Crippen molar-refractivity contribution in [3.63, 3.8) is 0 Å². The lowest BCUT2D eigenvalue weighted by Gasteiger charge is -2.15. The molecule has 1 aromatic carbocycles. The Morgan fingerprint density at radius 3 is 2.55 bits per heavy atom. The number of carbonyl (C=O) groups is 1. The first-order valence-corrected chi connectivity index (χ1v) is 6.64. The zero-order valence-electron chi connectivity index (χ0n) is 10.4. The van der Waals surface area contributed by atoms with Crippen molar-refractivity contribution in [2.75, 3.05) is 6.61 Å². The van der Waals surface area contributed by atoms with Gasteiger partial charge in [0.15, 0.2) is 0 Å². The van der Waals surface area contributed by atoms with Crippen LogP contribution in [0.1, 0.15) is 21.3 Å². The number of aliphatic hydroxyl groups excluding tert-OH is 1. The number of aliphatic hydroxyl groups is 1. The summed E-state index contributed by atoms with van der Waals surface area (Å²) in [7, 11) is 0. The molecule has 7 heteroatoms. The first-order valence-electron chi connectivity index (χ1n) is 5.82. The molecule has 0 aliphatic rings. The average Bonchev–Trinajstić information content (AvgIpc) is 2.95. The van der Waals surface area contributed by atoms with Crippen LogP contribution in [0.4, 0.5) is 5.00 Å². The monoisotopic (exact) mass is 292 g/mol. The number of thiophene rings is 1. The van der Waals surface area contributed by atoms with Gasteiger partial charge >= 0.3 is 5.00 Å². The normalized spacial score (nSPS) is 11.8.